The van der Waals surface area contributed by atoms with Crippen LogP contribution in [-0.2, 0) is 11.2 Å². The Morgan fingerprint density at radius 3 is 2.76 bits per heavy atom. The minimum Gasteiger partial charge on any atom is -0.344 e. The van der Waals surface area contributed by atoms with E-state index in [4.69, 9.17) is 11.1 Å². The number of hydrogen-bond donors (Lipinski definition) is 1. The lowest BCUT2D eigenvalue weighted by Gasteiger charge is -2.19. The highest BCUT2D eigenvalue weighted by Crippen LogP contribution is 2.22. The van der Waals surface area contributed by atoms with Crippen molar-refractivity contribution in [1.82, 2.24) is 19.8 Å². The van der Waals surface area contributed by atoms with Gasteiger partial charge >= 0.3 is 0 Å². The first kappa shape index (κ1) is 18.7. The van der Waals surface area contributed by atoms with Gasteiger partial charge in [0.1, 0.15) is 5.82 Å². The van der Waals surface area contributed by atoms with Crippen LogP contribution < -0.4 is 5.84 Å². The first-order valence-electron chi connectivity index (χ1n) is 7.64. The molecule has 0 aliphatic rings. The van der Waals surface area contributed by atoms with E-state index >= 15 is 0 Å². The predicted octanol–water partition coefficient (Wildman–Crippen LogP) is 1.57. The molecule has 132 valence electrons. The van der Waals surface area contributed by atoms with Gasteiger partial charge in [0.15, 0.2) is 5.82 Å². The summed E-state index contributed by atoms with van der Waals surface area (Å²) >= 11 is 1.20. The standard InChI is InChI=1S/C16H19FN6OS/c1-11(15(24)22(2)9-3-8-18)25-16-21-20-14(23(16)19)10-12-4-6-13(17)7-5-12/h4-7,11H,3,9-10,19H2,1-2H3/t11-/m0/s1. The molecule has 0 unspecified atom stereocenters. The van der Waals surface area contributed by atoms with E-state index in [0.717, 1.165) is 5.56 Å². The van der Waals surface area contributed by atoms with E-state index in [-0.39, 0.29) is 18.1 Å². The number of benzene rings is 1. The topological polar surface area (TPSA) is 101 Å². The van der Waals surface area contributed by atoms with Gasteiger partial charge in [0.25, 0.3) is 0 Å². The average Bonchev–Trinajstić information content (AvgIpc) is 2.94. The molecule has 0 fully saturated rings. The molecule has 1 aromatic heterocycles. The number of nitrogens with zero attached hydrogens (tertiary/aromatic N) is 5. The Balaban J connectivity index is 2.01. The van der Waals surface area contributed by atoms with E-state index in [0.29, 0.717) is 23.9 Å². The molecule has 0 aliphatic heterocycles. The summed E-state index contributed by atoms with van der Waals surface area (Å²) < 4.78 is 14.3. The second kappa shape index (κ2) is 8.48. The summed E-state index contributed by atoms with van der Waals surface area (Å²) in [6, 6.07) is 8.08. The lowest BCUT2D eigenvalue weighted by molar-refractivity contribution is -0.128. The molecule has 2 N–H and O–H groups in total. The summed E-state index contributed by atoms with van der Waals surface area (Å²) in [6.07, 6.45) is 0.698. The number of halogens is 1. The number of aromatic nitrogens is 3. The van der Waals surface area contributed by atoms with Crippen LogP contribution >= 0.6 is 11.8 Å². The van der Waals surface area contributed by atoms with Crippen LogP contribution in [0.15, 0.2) is 29.4 Å². The number of hydrogen-bond acceptors (Lipinski definition) is 6. The maximum Gasteiger partial charge on any atom is 0.235 e. The van der Waals surface area contributed by atoms with Crippen molar-refractivity contribution in [2.75, 3.05) is 19.4 Å². The van der Waals surface area contributed by atoms with Crippen LogP contribution in [0.4, 0.5) is 4.39 Å². The van der Waals surface area contributed by atoms with E-state index in [1.165, 1.54) is 33.5 Å². The summed E-state index contributed by atoms with van der Waals surface area (Å²) in [7, 11) is 1.66. The molecule has 1 amide bonds. The molecule has 0 bridgehead atoms. The maximum absolute atomic E-state index is 13.0. The summed E-state index contributed by atoms with van der Waals surface area (Å²) in [6.45, 7) is 2.13. The molecule has 2 aromatic rings. The van der Waals surface area contributed by atoms with Crippen LogP contribution in [0.1, 0.15) is 24.7 Å². The molecule has 1 atom stereocenters. The van der Waals surface area contributed by atoms with Gasteiger partial charge in [-0.1, -0.05) is 23.9 Å². The second-order valence-electron chi connectivity index (χ2n) is 5.50. The lowest BCUT2D eigenvalue weighted by atomic mass is 10.1. The normalized spacial score (nSPS) is 11.8. The minimum absolute atomic E-state index is 0.108. The third-order valence-corrected chi connectivity index (χ3v) is 4.62. The zero-order chi connectivity index (χ0) is 18.4. The lowest BCUT2D eigenvalue weighted by Crippen LogP contribution is -2.34. The van der Waals surface area contributed by atoms with Crippen molar-refractivity contribution in [3.8, 4) is 6.07 Å². The first-order chi connectivity index (χ1) is 11.9. The molecular formula is C16H19FN6OS. The molecular weight excluding hydrogens is 343 g/mol. The average molecular weight is 362 g/mol. The molecule has 1 heterocycles. The van der Waals surface area contributed by atoms with Crippen LogP contribution in [0.2, 0.25) is 0 Å². The van der Waals surface area contributed by atoms with Gasteiger partial charge in [-0.2, -0.15) is 5.26 Å². The number of carbonyl (C=O) groups excluding carboxylic acids is 1. The van der Waals surface area contributed by atoms with E-state index in [1.807, 2.05) is 6.07 Å². The van der Waals surface area contributed by atoms with Gasteiger partial charge in [-0.25, -0.2) is 9.07 Å². The van der Waals surface area contributed by atoms with Crippen molar-refractivity contribution in [3.63, 3.8) is 0 Å². The first-order valence-corrected chi connectivity index (χ1v) is 8.52. The molecule has 1 aromatic carbocycles. The van der Waals surface area contributed by atoms with Crippen LogP contribution in [-0.4, -0.2) is 44.5 Å². The summed E-state index contributed by atoms with van der Waals surface area (Å²) in [5.41, 5.74) is 0.859. The molecule has 25 heavy (non-hydrogen) atoms. The number of nitrogens with two attached hydrogens (primary N) is 1. The zero-order valence-electron chi connectivity index (χ0n) is 14.0. The number of nitriles is 1. The van der Waals surface area contributed by atoms with E-state index in [1.54, 1.807) is 26.1 Å². The highest BCUT2D eigenvalue weighted by atomic mass is 32.2. The summed E-state index contributed by atoms with van der Waals surface area (Å²) in [5, 5.41) is 16.7. The Labute approximate surface area is 149 Å². The molecule has 2 rings (SSSR count). The number of nitrogen functional groups attached to an aromatic ring is 1. The SMILES string of the molecule is C[C@H](Sc1nnc(Cc2ccc(F)cc2)n1N)C(=O)N(C)CCC#N. The van der Waals surface area contributed by atoms with Crippen molar-refractivity contribution >= 4 is 17.7 Å². The number of carbonyl (C=O) groups is 1. The fourth-order valence-electron chi connectivity index (χ4n) is 2.14. The largest absolute Gasteiger partial charge is 0.344 e. The number of amides is 1. The maximum atomic E-state index is 13.0. The fraction of sp³-hybridized carbons (Fsp3) is 0.375. The van der Waals surface area contributed by atoms with Crippen LogP contribution in [0, 0.1) is 17.1 Å². The molecule has 7 nitrogen and oxygen atoms in total. The quantitative estimate of drug-likeness (QED) is 0.593. The van der Waals surface area contributed by atoms with Gasteiger partial charge < -0.3 is 10.7 Å². The molecule has 0 saturated carbocycles. The Kier molecular flexibility index (Phi) is 6.36. The van der Waals surface area contributed by atoms with Gasteiger partial charge in [0.2, 0.25) is 11.1 Å². The Morgan fingerprint density at radius 2 is 2.12 bits per heavy atom. The zero-order valence-corrected chi connectivity index (χ0v) is 14.8. The van der Waals surface area contributed by atoms with Crippen molar-refractivity contribution in [2.24, 2.45) is 0 Å². The molecule has 0 spiro atoms. The Morgan fingerprint density at radius 1 is 1.44 bits per heavy atom. The summed E-state index contributed by atoms with van der Waals surface area (Å²) in [5.74, 6) is 6.12. The highest BCUT2D eigenvalue weighted by molar-refractivity contribution is 8.00. The molecule has 0 radical (unpaired) electrons. The number of thioether (sulfide) groups is 1. The number of rotatable bonds is 7. The monoisotopic (exact) mass is 362 g/mol. The Hall–Kier alpha value is -2.60. The van der Waals surface area contributed by atoms with Crippen molar-refractivity contribution in [3.05, 3.63) is 41.5 Å². The second-order valence-corrected chi connectivity index (χ2v) is 6.81. The molecule has 0 saturated heterocycles. The minimum atomic E-state index is -0.408. The van der Waals surface area contributed by atoms with Crippen molar-refractivity contribution < 1.29 is 9.18 Å². The smallest absolute Gasteiger partial charge is 0.235 e. The summed E-state index contributed by atoms with van der Waals surface area (Å²) in [4.78, 5) is 13.8. The highest BCUT2D eigenvalue weighted by Gasteiger charge is 2.22. The van der Waals surface area contributed by atoms with Gasteiger partial charge in [0.05, 0.1) is 17.7 Å². The fourth-order valence-corrected chi connectivity index (χ4v) is 3.04. The van der Waals surface area contributed by atoms with E-state index < -0.39 is 5.25 Å². The van der Waals surface area contributed by atoms with Crippen molar-refractivity contribution in [1.29, 1.82) is 5.26 Å². The van der Waals surface area contributed by atoms with E-state index in [9.17, 15) is 9.18 Å². The van der Waals surface area contributed by atoms with Gasteiger partial charge in [-0.05, 0) is 24.6 Å². The third-order valence-electron chi connectivity index (χ3n) is 3.58. The van der Waals surface area contributed by atoms with Crippen LogP contribution in [0.3, 0.4) is 0 Å². The predicted molar refractivity (Wildman–Crippen MR) is 92.6 cm³/mol. The van der Waals surface area contributed by atoms with Gasteiger partial charge in [-0.15, -0.1) is 10.2 Å². The third kappa shape index (κ3) is 4.93. The van der Waals surface area contributed by atoms with Gasteiger partial charge in [-0.3, -0.25) is 4.79 Å². The van der Waals surface area contributed by atoms with E-state index in [2.05, 4.69) is 10.2 Å². The van der Waals surface area contributed by atoms with Crippen molar-refractivity contribution in [2.45, 2.75) is 30.2 Å². The molecule has 0 aliphatic carbocycles. The van der Waals surface area contributed by atoms with Crippen LogP contribution in [0.5, 0.6) is 0 Å². The van der Waals surface area contributed by atoms with Gasteiger partial charge in [0, 0.05) is 20.0 Å². The molecule has 9 heteroatoms. The Bertz CT molecular complexity index is 770. The van der Waals surface area contributed by atoms with Crippen LogP contribution in [0.25, 0.3) is 0 Å².